The summed E-state index contributed by atoms with van der Waals surface area (Å²) < 4.78 is 0.870. The Morgan fingerprint density at radius 1 is 1.50 bits per heavy atom. The van der Waals surface area contributed by atoms with Crippen molar-refractivity contribution >= 4 is 36.6 Å². The molecule has 2 N–H and O–H groups in total. The number of halogens is 2. The summed E-state index contributed by atoms with van der Waals surface area (Å²) in [4.78, 5) is 0. The lowest BCUT2D eigenvalue weighted by Crippen LogP contribution is -2.30. The second-order valence-corrected chi connectivity index (χ2v) is 3.90. The first-order valence-corrected chi connectivity index (χ1v) is 4.79. The summed E-state index contributed by atoms with van der Waals surface area (Å²) in [6.45, 7) is 1.91. The lowest BCUT2D eigenvalue weighted by molar-refractivity contribution is -0.612. The first kappa shape index (κ1) is 16.3. The maximum absolute atomic E-state index is 11.1. The standard InChI is InChI=1S/C8H12N2OS.2ClH/c1-7(9)12-6-8-4-2-3-5-10(8)11;;/h2-5,7H,6,9H2,1H3;2*1H. The molecular formula is C8H14Cl2N2OS. The van der Waals surface area contributed by atoms with Gasteiger partial charge in [0, 0.05) is 17.5 Å². The van der Waals surface area contributed by atoms with Crippen LogP contribution in [-0.2, 0) is 5.75 Å². The number of thioether (sulfide) groups is 1. The summed E-state index contributed by atoms with van der Waals surface area (Å²) in [6, 6.07) is 5.38. The Kier molecular flexibility index (Phi) is 9.50. The monoisotopic (exact) mass is 256 g/mol. The third-order valence-electron chi connectivity index (χ3n) is 1.40. The van der Waals surface area contributed by atoms with Gasteiger partial charge in [0.15, 0.2) is 6.20 Å². The lowest BCUT2D eigenvalue weighted by atomic mass is 10.4. The number of pyridine rings is 1. The number of aromatic nitrogens is 1. The minimum atomic E-state index is 0. The Bertz CT molecular complexity index is 261. The third-order valence-corrected chi connectivity index (χ3v) is 2.39. The van der Waals surface area contributed by atoms with Gasteiger partial charge in [-0.15, -0.1) is 36.6 Å². The highest BCUT2D eigenvalue weighted by atomic mass is 35.5. The van der Waals surface area contributed by atoms with Crippen LogP contribution in [-0.4, -0.2) is 5.37 Å². The molecule has 1 heterocycles. The number of rotatable bonds is 3. The largest absolute Gasteiger partial charge is 0.618 e. The first-order chi connectivity index (χ1) is 5.70. The van der Waals surface area contributed by atoms with E-state index in [9.17, 15) is 5.21 Å². The average Bonchev–Trinajstić information content (AvgIpc) is 2.03. The Labute approximate surface area is 100 Å². The van der Waals surface area contributed by atoms with Crippen LogP contribution in [0, 0.1) is 5.21 Å². The highest BCUT2D eigenvalue weighted by Crippen LogP contribution is 2.10. The van der Waals surface area contributed by atoms with E-state index in [1.165, 1.54) is 6.20 Å². The predicted octanol–water partition coefficient (Wildman–Crippen LogP) is 1.70. The van der Waals surface area contributed by atoms with E-state index < -0.39 is 0 Å². The molecule has 0 saturated heterocycles. The summed E-state index contributed by atoms with van der Waals surface area (Å²) in [6.07, 6.45) is 1.50. The second-order valence-electron chi connectivity index (χ2n) is 2.53. The van der Waals surface area contributed by atoms with Crippen LogP contribution in [0.25, 0.3) is 0 Å². The lowest BCUT2D eigenvalue weighted by Gasteiger charge is -2.05. The van der Waals surface area contributed by atoms with Gasteiger partial charge >= 0.3 is 0 Å². The van der Waals surface area contributed by atoms with E-state index in [1.54, 1.807) is 17.8 Å². The third kappa shape index (κ3) is 5.54. The van der Waals surface area contributed by atoms with Gasteiger partial charge in [-0.1, -0.05) is 0 Å². The van der Waals surface area contributed by atoms with E-state index in [2.05, 4.69) is 0 Å². The van der Waals surface area contributed by atoms with Crippen molar-refractivity contribution in [3.05, 3.63) is 35.3 Å². The van der Waals surface area contributed by atoms with Gasteiger partial charge in [-0.3, -0.25) is 0 Å². The van der Waals surface area contributed by atoms with Gasteiger partial charge in [0.25, 0.3) is 0 Å². The summed E-state index contributed by atoms with van der Waals surface area (Å²) in [5.41, 5.74) is 6.29. The minimum Gasteiger partial charge on any atom is -0.618 e. The summed E-state index contributed by atoms with van der Waals surface area (Å²) in [7, 11) is 0. The van der Waals surface area contributed by atoms with Crippen molar-refractivity contribution < 1.29 is 4.73 Å². The first-order valence-electron chi connectivity index (χ1n) is 3.74. The molecule has 0 saturated carbocycles. The molecule has 0 aliphatic rings. The Hall–Kier alpha value is -0.160. The van der Waals surface area contributed by atoms with Gasteiger partial charge in [0.1, 0.15) is 0 Å². The molecule has 1 atom stereocenters. The second kappa shape index (κ2) is 8.17. The van der Waals surface area contributed by atoms with Crippen LogP contribution in [0.1, 0.15) is 12.6 Å². The molecule has 0 aromatic carbocycles. The Morgan fingerprint density at radius 2 is 2.14 bits per heavy atom. The van der Waals surface area contributed by atoms with Gasteiger partial charge in [0.2, 0.25) is 5.69 Å². The molecule has 1 unspecified atom stereocenters. The molecule has 3 nitrogen and oxygen atoms in total. The van der Waals surface area contributed by atoms with Crippen LogP contribution < -0.4 is 10.5 Å². The molecule has 1 rings (SSSR count). The Balaban J connectivity index is 0. The molecule has 0 radical (unpaired) electrons. The van der Waals surface area contributed by atoms with E-state index in [0.717, 1.165) is 10.4 Å². The number of nitrogens with two attached hydrogens (primary N) is 1. The van der Waals surface area contributed by atoms with Crippen molar-refractivity contribution in [1.82, 2.24) is 0 Å². The molecule has 14 heavy (non-hydrogen) atoms. The normalized spacial score (nSPS) is 11.0. The maximum atomic E-state index is 11.1. The van der Waals surface area contributed by atoms with Crippen LogP contribution in [0.4, 0.5) is 0 Å². The van der Waals surface area contributed by atoms with E-state index >= 15 is 0 Å². The zero-order valence-electron chi connectivity index (χ0n) is 7.75. The molecule has 1 aromatic heterocycles. The highest BCUT2D eigenvalue weighted by molar-refractivity contribution is 7.99. The minimum absolute atomic E-state index is 0. The van der Waals surface area contributed by atoms with Crippen LogP contribution in [0.2, 0.25) is 0 Å². The zero-order chi connectivity index (χ0) is 8.97. The smallest absolute Gasteiger partial charge is 0.202 e. The van der Waals surface area contributed by atoms with Crippen molar-refractivity contribution in [1.29, 1.82) is 0 Å². The van der Waals surface area contributed by atoms with Crippen molar-refractivity contribution in [2.24, 2.45) is 5.73 Å². The van der Waals surface area contributed by atoms with Gasteiger partial charge in [-0.05, 0) is 13.0 Å². The van der Waals surface area contributed by atoms with Crippen molar-refractivity contribution in [2.45, 2.75) is 18.1 Å². The van der Waals surface area contributed by atoms with Gasteiger partial charge in [0.05, 0.1) is 5.75 Å². The van der Waals surface area contributed by atoms with Gasteiger partial charge < -0.3 is 10.9 Å². The van der Waals surface area contributed by atoms with E-state index in [4.69, 9.17) is 5.73 Å². The quantitative estimate of drug-likeness (QED) is 0.509. The molecule has 0 aliphatic carbocycles. The topological polar surface area (TPSA) is 53.0 Å². The molecule has 82 valence electrons. The molecule has 0 fully saturated rings. The highest BCUT2D eigenvalue weighted by Gasteiger charge is 2.04. The van der Waals surface area contributed by atoms with E-state index in [-0.39, 0.29) is 30.2 Å². The number of nitrogens with zero attached hydrogens (tertiary/aromatic N) is 1. The van der Waals surface area contributed by atoms with Crippen LogP contribution in [0.5, 0.6) is 0 Å². The van der Waals surface area contributed by atoms with Crippen molar-refractivity contribution in [2.75, 3.05) is 0 Å². The maximum Gasteiger partial charge on any atom is 0.202 e. The summed E-state index contributed by atoms with van der Waals surface area (Å²) >= 11 is 1.56. The molecule has 0 aliphatic heterocycles. The van der Waals surface area contributed by atoms with Crippen LogP contribution >= 0.6 is 36.6 Å². The SMILES string of the molecule is CC(N)SCc1cccc[n+]1[O-].Cl.Cl. The molecule has 0 spiro atoms. The molecular weight excluding hydrogens is 243 g/mol. The van der Waals surface area contributed by atoms with E-state index in [0.29, 0.717) is 5.75 Å². The zero-order valence-corrected chi connectivity index (χ0v) is 10.2. The van der Waals surface area contributed by atoms with Crippen LogP contribution in [0.3, 0.4) is 0 Å². The fraction of sp³-hybridized carbons (Fsp3) is 0.375. The fourth-order valence-electron chi connectivity index (χ4n) is 0.792. The average molecular weight is 257 g/mol. The fourth-order valence-corrected chi connectivity index (χ4v) is 1.45. The van der Waals surface area contributed by atoms with Crippen LogP contribution in [0.15, 0.2) is 24.4 Å². The molecule has 6 heteroatoms. The summed E-state index contributed by atoms with van der Waals surface area (Å²) in [5, 5.41) is 11.2. The Morgan fingerprint density at radius 3 is 2.64 bits per heavy atom. The van der Waals surface area contributed by atoms with Gasteiger partial charge in [-0.25, -0.2) is 0 Å². The molecule has 1 aromatic rings. The summed E-state index contributed by atoms with van der Waals surface area (Å²) in [5.74, 6) is 0.669. The molecule has 0 amide bonds. The van der Waals surface area contributed by atoms with Gasteiger partial charge in [-0.2, -0.15) is 4.73 Å². The van der Waals surface area contributed by atoms with Crippen molar-refractivity contribution in [3.63, 3.8) is 0 Å². The number of hydrogen-bond donors (Lipinski definition) is 1. The van der Waals surface area contributed by atoms with E-state index in [1.807, 2.05) is 19.1 Å². The number of hydrogen-bond acceptors (Lipinski definition) is 3. The van der Waals surface area contributed by atoms with Crippen molar-refractivity contribution in [3.8, 4) is 0 Å². The predicted molar refractivity (Wildman–Crippen MR) is 64.8 cm³/mol. The molecule has 0 bridgehead atoms.